The maximum atomic E-state index is 6.22. The first-order valence-corrected chi connectivity index (χ1v) is 8.85. The standard InChI is InChI=1S/C15H27NOS/c1-16-11-13-2-3-14(13)12-4-7-17-15(10-12)5-8-18-9-6-15/h12-14,16H,2-11H2,1H3. The number of nitrogens with one attached hydrogen (secondary N) is 1. The summed E-state index contributed by atoms with van der Waals surface area (Å²) in [5.74, 6) is 5.53. The van der Waals surface area contributed by atoms with E-state index in [0.29, 0.717) is 0 Å². The highest BCUT2D eigenvalue weighted by Gasteiger charge is 2.44. The van der Waals surface area contributed by atoms with Gasteiger partial charge < -0.3 is 10.1 Å². The molecule has 1 N–H and O–H groups in total. The topological polar surface area (TPSA) is 21.3 Å². The average Bonchev–Trinajstić information content (AvgIpc) is 2.36. The first-order chi connectivity index (χ1) is 8.83. The van der Waals surface area contributed by atoms with Gasteiger partial charge in [0.25, 0.3) is 0 Å². The third kappa shape index (κ3) is 2.59. The first kappa shape index (κ1) is 13.3. The molecule has 2 heterocycles. The van der Waals surface area contributed by atoms with Crippen LogP contribution in [0, 0.1) is 17.8 Å². The molecule has 3 heteroatoms. The summed E-state index contributed by atoms with van der Waals surface area (Å²) in [4.78, 5) is 0. The van der Waals surface area contributed by atoms with Gasteiger partial charge in [-0.15, -0.1) is 0 Å². The third-order valence-electron chi connectivity index (χ3n) is 5.48. The van der Waals surface area contributed by atoms with Gasteiger partial charge in [0.15, 0.2) is 0 Å². The van der Waals surface area contributed by atoms with Gasteiger partial charge >= 0.3 is 0 Å². The second-order valence-corrected chi connectivity index (χ2v) is 7.68. The normalized spacial score (nSPS) is 39.5. The summed E-state index contributed by atoms with van der Waals surface area (Å²) in [6.45, 7) is 2.25. The molecule has 1 aliphatic carbocycles. The summed E-state index contributed by atoms with van der Waals surface area (Å²) in [5, 5.41) is 3.38. The molecule has 2 aliphatic heterocycles. The van der Waals surface area contributed by atoms with Gasteiger partial charge in [-0.25, -0.2) is 0 Å². The Kier molecular flexibility index (Phi) is 4.21. The van der Waals surface area contributed by atoms with Gasteiger partial charge in [0.2, 0.25) is 0 Å². The van der Waals surface area contributed by atoms with E-state index in [1.165, 1.54) is 56.6 Å². The molecule has 0 amide bonds. The molecule has 0 aromatic heterocycles. The highest BCUT2D eigenvalue weighted by Crippen LogP contribution is 2.48. The lowest BCUT2D eigenvalue weighted by atomic mass is 9.62. The van der Waals surface area contributed by atoms with Gasteiger partial charge in [-0.1, -0.05) is 0 Å². The van der Waals surface area contributed by atoms with Crippen molar-refractivity contribution in [3.05, 3.63) is 0 Å². The molecular weight excluding hydrogens is 242 g/mol. The molecule has 3 fully saturated rings. The molecule has 2 saturated heterocycles. The van der Waals surface area contributed by atoms with E-state index in [1.807, 2.05) is 0 Å². The van der Waals surface area contributed by atoms with Crippen molar-refractivity contribution in [2.75, 3.05) is 31.7 Å². The molecule has 0 radical (unpaired) electrons. The number of hydrogen-bond acceptors (Lipinski definition) is 3. The molecule has 0 aromatic rings. The minimum absolute atomic E-state index is 0.286. The van der Waals surface area contributed by atoms with Crippen molar-refractivity contribution in [2.45, 2.75) is 44.1 Å². The Morgan fingerprint density at radius 2 is 2.06 bits per heavy atom. The van der Waals surface area contributed by atoms with Crippen LogP contribution in [0.5, 0.6) is 0 Å². The van der Waals surface area contributed by atoms with Gasteiger partial charge in [-0.3, -0.25) is 0 Å². The Morgan fingerprint density at radius 1 is 1.22 bits per heavy atom. The highest BCUT2D eigenvalue weighted by molar-refractivity contribution is 7.99. The molecule has 1 spiro atoms. The second kappa shape index (κ2) is 5.72. The number of thioether (sulfide) groups is 1. The number of ether oxygens (including phenoxy) is 1. The van der Waals surface area contributed by atoms with Crippen LogP contribution >= 0.6 is 11.8 Å². The molecule has 3 atom stereocenters. The maximum Gasteiger partial charge on any atom is 0.0701 e. The van der Waals surface area contributed by atoms with Crippen LogP contribution in [0.1, 0.15) is 38.5 Å². The molecular formula is C15H27NOS. The van der Waals surface area contributed by atoms with Crippen LogP contribution in [-0.2, 0) is 4.74 Å². The molecule has 3 rings (SSSR count). The van der Waals surface area contributed by atoms with Gasteiger partial charge in [0, 0.05) is 6.61 Å². The van der Waals surface area contributed by atoms with Crippen molar-refractivity contribution in [3.8, 4) is 0 Å². The van der Waals surface area contributed by atoms with Crippen LogP contribution < -0.4 is 5.32 Å². The van der Waals surface area contributed by atoms with Crippen LogP contribution in [-0.4, -0.2) is 37.3 Å². The number of hydrogen-bond donors (Lipinski definition) is 1. The summed E-state index contributed by atoms with van der Waals surface area (Å²) >= 11 is 2.11. The van der Waals surface area contributed by atoms with Crippen molar-refractivity contribution in [3.63, 3.8) is 0 Å². The molecule has 0 aromatic carbocycles. The second-order valence-electron chi connectivity index (χ2n) is 6.46. The van der Waals surface area contributed by atoms with Crippen LogP contribution in [0.25, 0.3) is 0 Å². The molecule has 104 valence electrons. The smallest absolute Gasteiger partial charge is 0.0701 e. The number of rotatable bonds is 3. The fraction of sp³-hybridized carbons (Fsp3) is 1.00. The molecule has 3 aliphatic rings. The lowest BCUT2D eigenvalue weighted by Gasteiger charge is -2.50. The lowest BCUT2D eigenvalue weighted by molar-refractivity contribution is -0.122. The lowest BCUT2D eigenvalue weighted by Crippen LogP contribution is -2.48. The van der Waals surface area contributed by atoms with Gasteiger partial charge in [-0.05, 0) is 81.4 Å². The van der Waals surface area contributed by atoms with Gasteiger partial charge in [0.1, 0.15) is 0 Å². The van der Waals surface area contributed by atoms with E-state index in [4.69, 9.17) is 4.74 Å². The van der Waals surface area contributed by atoms with E-state index < -0.39 is 0 Å². The quantitative estimate of drug-likeness (QED) is 0.851. The van der Waals surface area contributed by atoms with E-state index in [9.17, 15) is 0 Å². The molecule has 0 bridgehead atoms. The van der Waals surface area contributed by atoms with E-state index in [0.717, 1.165) is 24.4 Å². The van der Waals surface area contributed by atoms with Crippen LogP contribution in [0.15, 0.2) is 0 Å². The van der Waals surface area contributed by atoms with E-state index >= 15 is 0 Å². The SMILES string of the molecule is CNCC1CCC1C1CCOC2(CCSCC2)C1. The van der Waals surface area contributed by atoms with Crippen molar-refractivity contribution in [1.82, 2.24) is 5.32 Å². The predicted molar refractivity (Wildman–Crippen MR) is 78.1 cm³/mol. The average molecular weight is 269 g/mol. The Labute approximate surface area is 116 Å². The minimum atomic E-state index is 0.286. The largest absolute Gasteiger partial charge is 0.375 e. The van der Waals surface area contributed by atoms with Gasteiger partial charge in [0.05, 0.1) is 5.60 Å². The van der Waals surface area contributed by atoms with Crippen molar-refractivity contribution >= 4 is 11.8 Å². The van der Waals surface area contributed by atoms with Crippen LogP contribution in [0.3, 0.4) is 0 Å². The summed E-state index contributed by atoms with van der Waals surface area (Å²) in [5.41, 5.74) is 0.286. The zero-order valence-corrected chi connectivity index (χ0v) is 12.4. The Balaban J connectivity index is 1.59. The van der Waals surface area contributed by atoms with Crippen LogP contribution in [0.2, 0.25) is 0 Å². The Morgan fingerprint density at radius 3 is 2.72 bits per heavy atom. The predicted octanol–water partition coefficient (Wildman–Crippen LogP) is 2.92. The Bertz CT molecular complexity index is 272. The summed E-state index contributed by atoms with van der Waals surface area (Å²) < 4.78 is 6.22. The Hall–Kier alpha value is 0.270. The first-order valence-electron chi connectivity index (χ1n) is 7.69. The monoisotopic (exact) mass is 269 g/mol. The molecule has 2 nitrogen and oxygen atoms in total. The summed E-state index contributed by atoms with van der Waals surface area (Å²) in [6.07, 6.45) is 8.21. The fourth-order valence-corrected chi connectivity index (χ4v) is 5.49. The summed E-state index contributed by atoms with van der Waals surface area (Å²) in [6, 6.07) is 0. The van der Waals surface area contributed by atoms with E-state index in [-0.39, 0.29) is 5.60 Å². The molecule has 18 heavy (non-hydrogen) atoms. The third-order valence-corrected chi connectivity index (χ3v) is 6.47. The van der Waals surface area contributed by atoms with Crippen molar-refractivity contribution < 1.29 is 4.74 Å². The highest BCUT2D eigenvalue weighted by atomic mass is 32.2. The zero-order valence-electron chi connectivity index (χ0n) is 11.6. The fourth-order valence-electron chi connectivity index (χ4n) is 4.25. The van der Waals surface area contributed by atoms with Gasteiger partial charge in [-0.2, -0.15) is 11.8 Å². The molecule has 3 unspecified atom stereocenters. The molecule has 1 saturated carbocycles. The maximum absolute atomic E-state index is 6.22. The van der Waals surface area contributed by atoms with Crippen LogP contribution in [0.4, 0.5) is 0 Å². The van der Waals surface area contributed by atoms with Crippen molar-refractivity contribution in [1.29, 1.82) is 0 Å². The minimum Gasteiger partial charge on any atom is -0.375 e. The van der Waals surface area contributed by atoms with E-state index in [1.54, 1.807) is 0 Å². The zero-order chi connectivity index (χ0) is 12.4. The van der Waals surface area contributed by atoms with E-state index in [2.05, 4.69) is 24.1 Å². The van der Waals surface area contributed by atoms with Crippen molar-refractivity contribution in [2.24, 2.45) is 17.8 Å². The summed E-state index contributed by atoms with van der Waals surface area (Å²) in [7, 11) is 2.10.